The van der Waals surface area contributed by atoms with Crippen molar-refractivity contribution in [3.8, 4) is 5.19 Å². The second kappa shape index (κ2) is 7.05. The Bertz CT molecular complexity index is 953. The van der Waals surface area contributed by atoms with Crippen molar-refractivity contribution >= 4 is 22.1 Å². The molecule has 3 aromatic rings. The fraction of sp³-hybridized carbons (Fsp3) is 0.333. The highest BCUT2D eigenvalue weighted by molar-refractivity contribution is 7.11. The Balaban J connectivity index is 1.31. The molecule has 9 heteroatoms. The van der Waals surface area contributed by atoms with Gasteiger partial charge in [0.25, 0.3) is 5.19 Å². The highest BCUT2D eigenvalue weighted by Gasteiger charge is 2.36. The number of hydrogen-bond donors (Lipinski definition) is 1. The number of nitrogens with one attached hydrogen (secondary N) is 1. The first-order valence-corrected chi connectivity index (χ1v) is 9.22. The predicted molar refractivity (Wildman–Crippen MR) is 93.1 cm³/mol. The molecule has 0 atom stereocenters. The van der Waals surface area contributed by atoms with Crippen LogP contribution in [0.25, 0.3) is 10.8 Å². The van der Waals surface area contributed by atoms with E-state index in [2.05, 4.69) is 15.3 Å². The van der Waals surface area contributed by atoms with Crippen molar-refractivity contribution in [2.45, 2.75) is 37.7 Å². The van der Waals surface area contributed by atoms with E-state index in [1.165, 1.54) is 6.07 Å². The van der Waals surface area contributed by atoms with Gasteiger partial charge in [-0.2, -0.15) is 18.2 Å². The predicted octanol–water partition coefficient (Wildman–Crippen LogP) is 4.55. The number of halogens is 4. The average Bonchev–Trinajstić information content (AvgIpc) is 3.07. The molecule has 142 valence electrons. The molecule has 1 aromatic carbocycles. The number of fused-ring (bicyclic) bond motifs is 1. The molecule has 0 unspecified atom stereocenters. The van der Waals surface area contributed by atoms with Gasteiger partial charge in [-0.25, -0.2) is 4.39 Å². The van der Waals surface area contributed by atoms with E-state index in [-0.39, 0.29) is 23.2 Å². The first-order chi connectivity index (χ1) is 12.9. The van der Waals surface area contributed by atoms with Gasteiger partial charge in [-0.05, 0) is 36.4 Å². The molecule has 1 aliphatic carbocycles. The quantitative estimate of drug-likeness (QED) is 0.642. The third-order valence-corrected chi connectivity index (χ3v) is 5.31. The van der Waals surface area contributed by atoms with Crippen LogP contribution < -0.4 is 10.1 Å². The zero-order valence-corrected chi connectivity index (χ0v) is 14.8. The summed E-state index contributed by atoms with van der Waals surface area (Å²) in [6.07, 6.45) is -0.0589. The van der Waals surface area contributed by atoms with E-state index in [4.69, 9.17) is 4.74 Å². The van der Waals surface area contributed by atoms with Crippen LogP contribution in [0, 0.1) is 5.82 Å². The zero-order chi connectivity index (χ0) is 19.0. The van der Waals surface area contributed by atoms with Crippen molar-refractivity contribution in [3.05, 3.63) is 53.0 Å². The molecule has 0 aliphatic heterocycles. The summed E-state index contributed by atoms with van der Waals surface area (Å²) in [5.41, 5.74) is -0.355. The normalized spacial score (nSPS) is 19.9. The molecule has 0 bridgehead atoms. The molecule has 1 fully saturated rings. The summed E-state index contributed by atoms with van der Waals surface area (Å²) >= 11 is 0.840. The van der Waals surface area contributed by atoms with Crippen molar-refractivity contribution in [3.63, 3.8) is 0 Å². The molecule has 0 radical (unpaired) electrons. The van der Waals surface area contributed by atoms with Crippen molar-refractivity contribution in [2.75, 3.05) is 0 Å². The minimum absolute atomic E-state index is 0.0263. The van der Waals surface area contributed by atoms with Crippen molar-refractivity contribution in [1.29, 1.82) is 0 Å². The molecule has 0 saturated heterocycles. The Hall–Kier alpha value is -2.26. The summed E-state index contributed by atoms with van der Waals surface area (Å²) in [7, 11) is 0. The van der Waals surface area contributed by atoms with Crippen LogP contribution in [0.4, 0.5) is 17.6 Å². The minimum atomic E-state index is -4.46. The molecule has 4 rings (SSSR count). The van der Waals surface area contributed by atoms with Crippen LogP contribution in [-0.4, -0.2) is 22.1 Å². The molecular weight excluding hydrogens is 382 g/mol. The molecule has 2 aromatic heterocycles. The molecule has 1 N–H and O–H groups in total. The number of pyridine rings is 1. The lowest BCUT2D eigenvalue weighted by Gasteiger charge is -2.35. The minimum Gasteiger partial charge on any atom is -0.467 e. The third-order valence-electron chi connectivity index (χ3n) is 4.58. The van der Waals surface area contributed by atoms with Gasteiger partial charge in [-0.1, -0.05) is 11.3 Å². The maximum atomic E-state index is 14.2. The molecular formula is C18H15F4N3OS. The van der Waals surface area contributed by atoms with E-state index >= 15 is 0 Å². The SMILES string of the molecule is Fc1ccc2cnccc2c1CNC1CC(Oc2nc(C(F)(F)F)cs2)C1. The highest BCUT2D eigenvalue weighted by atomic mass is 32.1. The lowest BCUT2D eigenvalue weighted by atomic mass is 9.89. The van der Waals surface area contributed by atoms with E-state index in [9.17, 15) is 17.6 Å². The Kier molecular flexibility index (Phi) is 4.73. The number of rotatable bonds is 5. The number of aromatic nitrogens is 2. The summed E-state index contributed by atoms with van der Waals surface area (Å²) in [5, 5.41) is 5.93. The van der Waals surface area contributed by atoms with Crippen LogP contribution in [0.2, 0.25) is 0 Å². The van der Waals surface area contributed by atoms with Crippen LogP contribution in [0.3, 0.4) is 0 Å². The van der Waals surface area contributed by atoms with Crippen LogP contribution in [-0.2, 0) is 12.7 Å². The Morgan fingerprint density at radius 2 is 2.04 bits per heavy atom. The monoisotopic (exact) mass is 397 g/mol. The second-order valence-corrected chi connectivity index (χ2v) is 7.23. The Morgan fingerprint density at radius 3 is 2.78 bits per heavy atom. The first-order valence-electron chi connectivity index (χ1n) is 8.34. The Morgan fingerprint density at radius 1 is 1.22 bits per heavy atom. The lowest BCUT2D eigenvalue weighted by Crippen LogP contribution is -2.46. The van der Waals surface area contributed by atoms with Gasteiger partial charge in [0.2, 0.25) is 0 Å². The smallest absolute Gasteiger partial charge is 0.434 e. The van der Waals surface area contributed by atoms with E-state index in [0.717, 1.165) is 27.5 Å². The number of ether oxygens (including phenoxy) is 1. The fourth-order valence-electron chi connectivity index (χ4n) is 3.05. The third kappa shape index (κ3) is 3.89. The topological polar surface area (TPSA) is 47.0 Å². The van der Waals surface area contributed by atoms with Gasteiger partial charge < -0.3 is 10.1 Å². The van der Waals surface area contributed by atoms with Crippen LogP contribution >= 0.6 is 11.3 Å². The molecule has 1 aliphatic rings. The number of nitrogens with zero attached hydrogens (tertiary/aromatic N) is 2. The van der Waals surface area contributed by atoms with E-state index in [0.29, 0.717) is 24.9 Å². The number of thiazole rings is 1. The van der Waals surface area contributed by atoms with Gasteiger partial charge >= 0.3 is 6.18 Å². The van der Waals surface area contributed by atoms with E-state index in [1.807, 2.05) is 0 Å². The van der Waals surface area contributed by atoms with Crippen LogP contribution in [0.1, 0.15) is 24.1 Å². The summed E-state index contributed by atoms with van der Waals surface area (Å²) in [5.74, 6) is -0.282. The fourth-order valence-corrected chi connectivity index (χ4v) is 3.79. The highest BCUT2D eigenvalue weighted by Crippen LogP contribution is 2.34. The van der Waals surface area contributed by atoms with E-state index in [1.54, 1.807) is 24.5 Å². The maximum Gasteiger partial charge on any atom is 0.434 e. The lowest BCUT2D eigenvalue weighted by molar-refractivity contribution is -0.141. The average molecular weight is 397 g/mol. The standard InChI is InChI=1S/C18H15F4N3OS/c19-15-2-1-10-7-23-4-3-13(10)14(15)8-24-11-5-12(6-11)26-17-25-16(9-27-17)18(20,21)22/h1-4,7,9,11-12,24H,5-6,8H2. The largest absolute Gasteiger partial charge is 0.467 e. The van der Waals surface area contributed by atoms with E-state index < -0.39 is 11.9 Å². The van der Waals surface area contributed by atoms with Gasteiger partial charge in [0.05, 0.1) is 0 Å². The molecule has 1 saturated carbocycles. The molecule has 4 nitrogen and oxygen atoms in total. The first kappa shape index (κ1) is 18.1. The van der Waals surface area contributed by atoms with Crippen LogP contribution in [0.5, 0.6) is 5.19 Å². The van der Waals surface area contributed by atoms with Crippen molar-refractivity contribution < 1.29 is 22.3 Å². The number of alkyl halides is 3. The molecule has 0 amide bonds. The molecule has 2 heterocycles. The summed E-state index contributed by atoms with van der Waals surface area (Å²) in [4.78, 5) is 7.50. The second-order valence-electron chi connectivity index (χ2n) is 6.41. The van der Waals surface area contributed by atoms with Crippen molar-refractivity contribution in [2.24, 2.45) is 0 Å². The number of hydrogen-bond acceptors (Lipinski definition) is 5. The van der Waals surface area contributed by atoms with Gasteiger partial charge in [-0.3, -0.25) is 4.98 Å². The maximum absolute atomic E-state index is 14.2. The molecule has 0 spiro atoms. The van der Waals surface area contributed by atoms with Crippen LogP contribution in [0.15, 0.2) is 36.0 Å². The van der Waals surface area contributed by atoms with Gasteiger partial charge in [0.1, 0.15) is 11.9 Å². The Labute approximate surface area is 156 Å². The summed E-state index contributed by atoms with van der Waals surface area (Å²) in [6.45, 7) is 0.361. The number of benzene rings is 1. The van der Waals surface area contributed by atoms with Gasteiger partial charge in [-0.15, -0.1) is 0 Å². The zero-order valence-electron chi connectivity index (χ0n) is 14.0. The molecule has 27 heavy (non-hydrogen) atoms. The van der Waals surface area contributed by atoms with Gasteiger partial charge in [0, 0.05) is 41.3 Å². The summed E-state index contributed by atoms with van der Waals surface area (Å²) in [6, 6.07) is 5.02. The summed E-state index contributed by atoms with van der Waals surface area (Å²) < 4.78 is 57.3. The van der Waals surface area contributed by atoms with Crippen molar-refractivity contribution in [1.82, 2.24) is 15.3 Å². The van der Waals surface area contributed by atoms with Gasteiger partial charge in [0.15, 0.2) is 5.69 Å².